The maximum Gasteiger partial charge on any atom is 0.242 e. The number of rotatable bonds is 1. The van der Waals surface area contributed by atoms with Crippen LogP contribution >= 0.6 is 0 Å². The predicted molar refractivity (Wildman–Crippen MR) is 60.7 cm³/mol. The predicted octanol–water partition coefficient (Wildman–Crippen LogP) is 0.912. The molecule has 2 aliphatic rings. The van der Waals surface area contributed by atoms with Crippen molar-refractivity contribution in [2.24, 2.45) is 5.92 Å². The van der Waals surface area contributed by atoms with Crippen LogP contribution < -0.4 is 5.32 Å². The van der Waals surface area contributed by atoms with Crippen molar-refractivity contribution in [2.45, 2.75) is 51.6 Å². The summed E-state index contributed by atoms with van der Waals surface area (Å²) in [7, 11) is 0. The van der Waals surface area contributed by atoms with Gasteiger partial charge in [0.05, 0.1) is 5.92 Å². The summed E-state index contributed by atoms with van der Waals surface area (Å²) in [5.74, 6) is 0.185. The summed E-state index contributed by atoms with van der Waals surface area (Å²) in [6.07, 6.45) is 4.10. The summed E-state index contributed by atoms with van der Waals surface area (Å²) in [5, 5.41) is 3.02. The van der Waals surface area contributed by atoms with E-state index in [-0.39, 0.29) is 29.8 Å². The highest BCUT2D eigenvalue weighted by atomic mass is 16.2. The topological polar surface area (TPSA) is 49.4 Å². The number of likely N-dealkylation sites (N-methyl/N-ethyl adjacent to an activating group) is 1. The van der Waals surface area contributed by atoms with Gasteiger partial charge in [0.25, 0.3) is 0 Å². The molecule has 0 radical (unpaired) electrons. The van der Waals surface area contributed by atoms with Crippen molar-refractivity contribution >= 4 is 11.8 Å². The molecule has 3 atom stereocenters. The Bertz CT molecular complexity index is 303. The molecular formula is C12H20N2O2. The Morgan fingerprint density at radius 2 is 2.00 bits per heavy atom. The molecule has 1 heterocycles. The third-order valence-corrected chi connectivity index (χ3v) is 3.88. The Balaban J connectivity index is 2.25. The van der Waals surface area contributed by atoms with Gasteiger partial charge in [-0.15, -0.1) is 0 Å². The minimum absolute atomic E-state index is 0.00426. The van der Waals surface area contributed by atoms with Gasteiger partial charge in [-0.2, -0.15) is 0 Å². The van der Waals surface area contributed by atoms with Crippen molar-refractivity contribution < 1.29 is 9.59 Å². The lowest BCUT2D eigenvalue weighted by atomic mass is 9.84. The summed E-state index contributed by atoms with van der Waals surface area (Å²) in [4.78, 5) is 25.9. The van der Waals surface area contributed by atoms with E-state index >= 15 is 0 Å². The van der Waals surface area contributed by atoms with Gasteiger partial charge in [0.15, 0.2) is 0 Å². The molecule has 16 heavy (non-hydrogen) atoms. The van der Waals surface area contributed by atoms with Gasteiger partial charge in [0.1, 0.15) is 6.04 Å². The van der Waals surface area contributed by atoms with Gasteiger partial charge in [-0.3, -0.25) is 9.59 Å². The van der Waals surface area contributed by atoms with Crippen LogP contribution in [-0.4, -0.2) is 35.3 Å². The third kappa shape index (κ3) is 1.81. The standard InChI is InChI=1S/C12H20N2O2/c1-3-14-8(2)11(15)13-10-7-5-4-6-9(10)12(14)16/h8-10H,3-7H2,1-2H3,(H,13,15)/t8-,9-,10+/m0/s1. The summed E-state index contributed by atoms with van der Waals surface area (Å²) >= 11 is 0. The molecule has 0 aromatic heterocycles. The highest BCUT2D eigenvalue weighted by Gasteiger charge is 2.40. The van der Waals surface area contributed by atoms with Gasteiger partial charge in [0, 0.05) is 12.6 Å². The fraction of sp³-hybridized carbons (Fsp3) is 0.833. The zero-order valence-corrected chi connectivity index (χ0v) is 10.0. The van der Waals surface area contributed by atoms with Crippen LogP contribution in [0.25, 0.3) is 0 Å². The van der Waals surface area contributed by atoms with E-state index in [2.05, 4.69) is 5.32 Å². The second kappa shape index (κ2) is 4.44. The summed E-state index contributed by atoms with van der Waals surface area (Å²) in [6, 6.07) is -0.240. The minimum atomic E-state index is -0.317. The fourth-order valence-corrected chi connectivity index (χ4v) is 2.88. The lowest BCUT2D eigenvalue weighted by Gasteiger charge is -2.30. The molecule has 0 bridgehead atoms. The lowest BCUT2D eigenvalue weighted by Crippen LogP contribution is -2.44. The molecule has 0 aromatic carbocycles. The molecule has 2 fully saturated rings. The SMILES string of the molecule is CCN1C(=O)[C@H]2CCCC[C@H]2NC(=O)[C@@H]1C. The normalized spacial score (nSPS) is 35.4. The molecule has 1 saturated heterocycles. The van der Waals surface area contributed by atoms with Gasteiger partial charge < -0.3 is 10.2 Å². The summed E-state index contributed by atoms with van der Waals surface area (Å²) < 4.78 is 0. The first kappa shape index (κ1) is 11.4. The van der Waals surface area contributed by atoms with Crippen LogP contribution in [0.2, 0.25) is 0 Å². The van der Waals surface area contributed by atoms with Crippen LogP contribution in [0.5, 0.6) is 0 Å². The molecule has 90 valence electrons. The second-order valence-electron chi connectivity index (χ2n) is 4.81. The Morgan fingerprint density at radius 3 is 2.69 bits per heavy atom. The quantitative estimate of drug-likeness (QED) is 0.720. The van der Waals surface area contributed by atoms with Crippen molar-refractivity contribution in [1.29, 1.82) is 0 Å². The van der Waals surface area contributed by atoms with Crippen molar-refractivity contribution in [3.8, 4) is 0 Å². The number of nitrogens with zero attached hydrogens (tertiary/aromatic N) is 1. The zero-order chi connectivity index (χ0) is 11.7. The first-order chi connectivity index (χ1) is 7.65. The van der Waals surface area contributed by atoms with E-state index < -0.39 is 0 Å². The molecule has 0 aromatic rings. The van der Waals surface area contributed by atoms with E-state index in [1.54, 1.807) is 4.90 Å². The lowest BCUT2D eigenvalue weighted by molar-refractivity contribution is -0.140. The summed E-state index contributed by atoms with van der Waals surface area (Å²) in [5.41, 5.74) is 0. The number of hydrogen-bond acceptors (Lipinski definition) is 2. The van der Waals surface area contributed by atoms with Crippen LogP contribution in [0.3, 0.4) is 0 Å². The first-order valence-corrected chi connectivity index (χ1v) is 6.26. The molecule has 0 unspecified atom stereocenters. The molecule has 0 spiro atoms. The first-order valence-electron chi connectivity index (χ1n) is 6.26. The van der Waals surface area contributed by atoms with E-state index in [4.69, 9.17) is 0 Å². The molecule has 1 N–H and O–H groups in total. The maximum atomic E-state index is 12.3. The monoisotopic (exact) mass is 224 g/mol. The van der Waals surface area contributed by atoms with Crippen LogP contribution in [0.4, 0.5) is 0 Å². The molecule has 1 saturated carbocycles. The van der Waals surface area contributed by atoms with E-state index in [0.717, 1.165) is 25.7 Å². The van der Waals surface area contributed by atoms with Crippen molar-refractivity contribution in [2.75, 3.05) is 6.54 Å². The second-order valence-corrected chi connectivity index (χ2v) is 4.81. The smallest absolute Gasteiger partial charge is 0.242 e. The van der Waals surface area contributed by atoms with Crippen LogP contribution in [0.1, 0.15) is 39.5 Å². The number of hydrogen-bond donors (Lipinski definition) is 1. The molecule has 4 nitrogen and oxygen atoms in total. The Hall–Kier alpha value is -1.06. The Morgan fingerprint density at radius 1 is 1.31 bits per heavy atom. The largest absolute Gasteiger partial charge is 0.351 e. The molecular weight excluding hydrogens is 204 g/mol. The number of carbonyl (C=O) groups is 2. The number of amides is 2. The van der Waals surface area contributed by atoms with E-state index in [0.29, 0.717) is 6.54 Å². The Kier molecular flexibility index (Phi) is 3.17. The van der Waals surface area contributed by atoms with Gasteiger partial charge in [-0.25, -0.2) is 0 Å². The summed E-state index contributed by atoms with van der Waals surface area (Å²) in [6.45, 7) is 4.37. The van der Waals surface area contributed by atoms with Crippen molar-refractivity contribution in [3.05, 3.63) is 0 Å². The van der Waals surface area contributed by atoms with Crippen molar-refractivity contribution in [3.63, 3.8) is 0 Å². The van der Waals surface area contributed by atoms with Crippen molar-refractivity contribution in [1.82, 2.24) is 10.2 Å². The number of nitrogens with one attached hydrogen (secondary N) is 1. The highest BCUT2D eigenvalue weighted by molar-refractivity contribution is 5.91. The number of carbonyl (C=O) groups excluding carboxylic acids is 2. The average Bonchev–Trinajstić information content (AvgIpc) is 2.37. The maximum absolute atomic E-state index is 12.3. The molecule has 1 aliphatic heterocycles. The van der Waals surface area contributed by atoms with Crippen LogP contribution in [0, 0.1) is 5.92 Å². The van der Waals surface area contributed by atoms with Gasteiger partial charge in [-0.1, -0.05) is 12.8 Å². The Labute approximate surface area is 96.4 Å². The third-order valence-electron chi connectivity index (χ3n) is 3.88. The fourth-order valence-electron chi connectivity index (χ4n) is 2.88. The van der Waals surface area contributed by atoms with E-state index in [1.165, 1.54) is 0 Å². The molecule has 4 heteroatoms. The highest BCUT2D eigenvalue weighted by Crippen LogP contribution is 2.28. The van der Waals surface area contributed by atoms with Gasteiger partial charge in [0.2, 0.25) is 11.8 Å². The molecule has 1 aliphatic carbocycles. The van der Waals surface area contributed by atoms with Gasteiger partial charge in [-0.05, 0) is 26.7 Å². The van der Waals surface area contributed by atoms with Gasteiger partial charge >= 0.3 is 0 Å². The minimum Gasteiger partial charge on any atom is -0.351 e. The average molecular weight is 224 g/mol. The molecule has 2 rings (SSSR count). The van der Waals surface area contributed by atoms with Crippen LogP contribution in [-0.2, 0) is 9.59 Å². The zero-order valence-electron chi connectivity index (χ0n) is 10.0. The molecule has 2 amide bonds. The van der Waals surface area contributed by atoms with Crippen LogP contribution in [0.15, 0.2) is 0 Å². The van der Waals surface area contributed by atoms with E-state index in [9.17, 15) is 9.59 Å². The van der Waals surface area contributed by atoms with E-state index in [1.807, 2.05) is 13.8 Å². The number of fused-ring (bicyclic) bond motifs is 1.